The molecule has 2 aliphatic carbocycles. The number of phenols is 1. The van der Waals surface area contributed by atoms with Crippen LogP contribution in [-0.2, 0) is 26.1 Å². The highest BCUT2D eigenvalue weighted by molar-refractivity contribution is 5.89. The molecule has 1 aromatic rings. The summed E-state index contributed by atoms with van der Waals surface area (Å²) >= 11 is 0. The Hall–Kier alpha value is -1.63. The van der Waals surface area contributed by atoms with Crippen molar-refractivity contribution in [1.29, 1.82) is 0 Å². The maximum absolute atomic E-state index is 13.1. The number of phenolic OH excluding ortho intramolecular Hbond substituents is 1. The lowest BCUT2D eigenvalue weighted by atomic mass is 9.51. The molecule has 6 heteroatoms. The molecule has 0 spiro atoms. The van der Waals surface area contributed by atoms with Crippen molar-refractivity contribution in [3.8, 4) is 11.5 Å². The van der Waals surface area contributed by atoms with E-state index in [-0.39, 0.29) is 22.9 Å². The van der Waals surface area contributed by atoms with Crippen molar-refractivity contribution >= 4 is 5.78 Å². The van der Waals surface area contributed by atoms with Gasteiger partial charge < -0.3 is 24.2 Å². The minimum absolute atomic E-state index is 0.0443. The molecule has 0 unspecified atom stereocenters. The molecule has 1 aromatic carbocycles. The van der Waals surface area contributed by atoms with Gasteiger partial charge >= 0.3 is 0 Å². The molecular weight excluding hydrogens is 334 g/mol. The Bertz CT molecular complexity index is 744. The fourth-order valence-electron chi connectivity index (χ4n) is 5.68. The van der Waals surface area contributed by atoms with Crippen LogP contribution in [0.4, 0.5) is 0 Å². The molecule has 2 fully saturated rings. The second kappa shape index (κ2) is 5.94. The molecule has 4 rings (SSSR count). The SMILES string of the molecule is COc1ccc2c(c1O)[C@]13CCN(C)[C@H](C2)[C@@H]1CC(OC)(OC)C(=O)C3. The number of benzene rings is 1. The summed E-state index contributed by atoms with van der Waals surface area (Å²) in [7, 11) is 6.77. The quantitative estimate of drug-likeness (QED) is 0.829. The lowest BCUT2D eigenvalue weighted by molar-refractivity contribution is -0.234. The van der Waals surface area contributed by atoms with Crippen LogP contribution in [0.15, 0.2) is 12.1 Å². The molecule has 0 aromatic heterocycles. The van der Waals surface area contributed by atoms with E-state index >= 15 is 0 Å². The number of rotatable bonds is 3. The summed E-state index contributed by atoms with van der Waals surface area (Å²) in [5, 5.41) is 11.0. The highest BCUT2D eigenvalue weighted by Gasteiger charge is 2.62. The first-order valence-corrected chi connectivity index (χ1v) is 9.15. The molecule has 6 nitrogen and oxygen atoms in total. The number of likely N-dealkylation sites (N-methyl/N-ethyl adjacent to an activating group) is 1. The van der Waals surface area contributed by atoms with E-state index < -0.39 is 5.79 Å². The molecule has 1 heterocycles. The summed E-state index contributed by atoms with van der Waals surface area (Å²) in [6.45, 7) is 0.900. The van der Waals surface area contributed by atoms with E-state index in [1.807, 2.05) is 12.1 Å². The first-order valence-electron chi connectivity index (χ1n) is 9.15. The minimum Gasteiger partial charge on any atom is -0.504 e. The molecule has 1 saturated carbocycles. The van der Waals surface area contributed by atoms with Crippen molar-refractivity contribution in [3.05, 3.63) is 23.3 Å². The van der Waals surface area contributed by atoms with Gasteiger partial charge in [0.25, 0.3) is 0 Å². The minimum atomic E-state index is -1.18. The van der Waals surface area contributed by atoms with Crippen molar-refractivity contribution in [1.82, 2.24) is 4.90 Å². The van der Waals surface area contributed by atoms with Crippen LogP contribution < -0.4 is 4.74 Å². The highest BCUT2D eigenvalue weighted by Crippen LogP contribution is 2.60. The summed E-state index contributed by atoms with van der Waals surface area (Å²) in [6, 6.07) is 4.15. The summed E-state index contributed by atoms with van der Waals surface area (Å²) < 4.78 is 16.5. The normalized spacial score (nSPS) is 32.7. The van der Waals surface area contributed by atoms with Gasteiger partial charge in [-0.2, -0.15) is 0 Å². The fourth-order valence-corrected chi connectivity index (χ4v) is 5.68. The Morgan fingerprint density at radius 3 is 2.62 bits per heavy atom. The van der Waals surface area contributed by atoms with Crippen LogP contribution in [0.3, 0.4) is 0 Å². The van der Waals surface area contributed by atoms with Gasteiger partial charge in [0.2, 0.25) is 5.79 Å². The number of likely N-dealkylation sites (tertiary alicyclic amines) is 1. The molecule has 1 saturated heterocycles. The van der Waals surface area contributed by atoms with Crippen molar-refractivity contribution in [2.45, 2.75) is 42.9 Å². The number of piperidine rings is 1. The molecule has 3 atom stereocenters. The Balaban J connectivity index is 1.92. The average molecular weight is 361 g/mol. The number of hydrogen-bond acceptors (Lipinski definition) is 6. The number of carbonyl (C=O) groups excluding carboxylic acids is 1. The van der Waals surface area contributed by atoms with Crippen LogP contribution >= 0.6 is 0 Å². The fraction of sp³-hybridized carbons (Fsp3) is 0.650. The smallest absolute Gasteiger partial charge is 0.228 e. The van der Waals surface area contributed by atoms with Crippen LogP contribution in [0.5, 0.6) is 11.5 Å². The number of Topliss-reactive ketones (excluding diaryl/α,β-unsaturated/α-hetero) is 1. The Morgan fingerprint density at radius 1 is 1.23 bits per heavy atom. The first-order chi connectivity index (χ1) is 12.4. The number of hydrogen-bond donors (Lipinski definition) is 1. The second-order valence-electron chi connectivity index (χ2n) is 7.88. The molecule has 0 radical (unpaired) electrons. The molecule has 142 valence electrons. The zero-order valence-electron chi connectivity index (χ0n) is 15.9. The average Bonchev–Trinajstić information content (AvgIpc) is 2.64. The predicted molar refractivity (Wildman–Crippen MR) is 95.6 cm³/mol. The molecular formula is C20H27NO5. The van der Waals surface area contributed by atoms with Gasteiger partial charge in [0.15, 0.2) is 17.3 Å². The zero-order valence-corrected chi connectivity index (χ0v) is 15.9. The monoisotopic (exact) mass is 361 g/mol. The van der Waals surface area contributed by atoms with Gasteiger partial charge in [-0.15, -0.1) is 0 Å². The molecule has 2 bridgehead atoms. The van der Waals surface area contributed by atoms with Crippen LogP contribution in [0.25, 0.3) is 0 Å². The standard InChI is InChI=1S/C20H27NO5/c1-21-8-7-19-11-16(22)20(25-3,26-4)10-13(19)14(21)9-12-5-6-15(24-2)18(23)17(12)19/h5-6,13-14,23H,7-11H2,1-4H3/t13-,14+,19-/m0/s1. The molecule has 1 N–H and O–H groups in total. The van der Waals surface area contributed by atoms with Gasteiger partial charge in [0, 0.05) is 44.1 Å². The predicted octanol–water partition coefficient (Wildman–Crippen LogP) is 1.87. The maximum atomic E-state index is 13.1. The lowest BCUT2D eigenvalue weighted by Crippen LogP contribution is -2.66. The number of ketones is 1. The number of nitrogens with zero attached hydrogens (tertiary/aromatic N) is 1. The highest BCUT2D eigenvalue weighted by atomic mass is 16.7. The third-order valence-electron chi connectivity index (χ3n) is 7.07. The van der Waals surface area contributed by atoms with Crippen LogP contribution in [-0.4, -0.2) is 62.5 Å². The van der Waals surface area contributed by atoms with Crippen molar-refractivity contribution in [2.75, 3.05) is 34.9 Å². The third-order valence-corrected chi connectivity index (χ3v) is 7.07. The van der Waals surface area contributed by atoms with Gasteiger partial charge in [-0.1, -0.05) is 6.07 Å². The van der Waals surface area contributed by atoms with E-state index in [0.717, 1.165) is 30.5 Å². The largest absolute Gasteiger partial charge is 0.504 e. The van der Waals surface area contributed by atoms with Crippen LogP contribution in [0.2, 0.25) is 0 Å². The number of ether oxygens (including phenoxy) is 3. The maximum Gasteiger partial charge on any atom is 0.228 e. The van der Waals surface area contributed by atoms with Gasteiger partial charge in [-0.3, -0.25) is 4.79 Å². The summed E-state index contributed by atoms with van der Waals surface area (Å²) in [5.41, 5.74) is 1.63. The molecule has 3 aliphatic rings. The number of fused-ring (bicyclic) bond motifs is 1. The lowest BCUT2D eigenvalue weighted by Gasteiger charge is -2.60. The number of carbonyl (C=O) groups is 1. The first kappa shape index (κ1) is 17.8. The second-order valence-corrected chi connectivity index (χ2v) is 7.88. The van der Waals surface area contributed by atoms with Gasteiger partial charge in [-0.25, -0.2) is 0 Å². The van der Waals surface area contributed by atoms with Gasteiger partial charge in [0.05, 0.1) is 7.11 Å². The van der Waals surface area contributed by atoms with Crippen LogP contribution in [0.1, 0.15) is 30.4 Å². The number of methoxy groups -OCH3 is 3. The van der Waals surface area contributed by atoms with Crippen molar-refractivity contribution < 1.29 is 24.1 Å². The van der Waals surface area contributed by atoms with E-state index in [1.165, 1.54) is 14.2 Å². The summed E-state index contributed by atoms with van der Waals surface area (Å²) in [5.74, 6) is -0.400. The van der Waals surface area contributed by atoms with E-state index in [1.54, 1.807) is 7.11 Å². The van der Waals surface area contributed by atoms with Crippen LogP contribution in [0, 0.1) is 5.92 Å². The van der Waals surface area contributed by atoms with E-state index in [0.29, 0.717) is 24.6 Å². The Labute approximate surface area is 154 Å². The van der Waals surface area contributed by atoms with E-state index in [9.17, 15) is 9.90 Å². The Kier molecular flexibility index (Phi) is 4.06. The van der Waals surface area contributed by atoms with Gasteiger partial charge in [0.1, 0.15) is 0 Å². The summed E-state index contributed by atoms with van der Waals surface area (Å²) in [6.07, 6.45) is 2.49. The molecule has 1 aliphatic heterocycles. The molecule has 0 amide bonds. The molecule has 26 heavy (non-hydrogen) atoms. The zero-order chi connectivity index (χ0) is 18.7. The van der Waals surface area contributed by atoms with E-state index in [4.69, 9.17) is 14.2 Å². The Morgan fingerprint density at radius 2 is 1.96 bits per heavy atom. The van der Waals surface area contributed by atoms with Crippen molar-refractivity contribution in [2.24, 2.45) is 5.92 Å². The van der Waals surface area contributed by atoms with E-state index in [2.05, 4.69) is 11.9 Å². The van der Waals surface area contributed by atoms with Gasteiger partial charge in [-0.05, 0) is 44.0 Å². The third kappa shape index (κ3) is 2.12. The topological polar surface area (TPSA) is 68.2 Å². The van der Waals surface area contributed by atoms with Crippen molar-refractivity contribution in [3.63, 3.8) is 0 Å². The summed E-state index contributed by atoms with van der Waals surface area (Å²) in [4.78, 5) is 15.5. The number of aromatic hydroxyl groups is 1.